The average Bonchev–Trinajstić information content (AvgIpc) is 3.34. The Hall–Kier alpha value is -3.71. The van der Waals surface area contributed by atoms with Crippen molar-refractivity contribution in [2.24, 2.45) is 4.99 Å². The lowest BCUT2D eigenvalue weighted by molar-refractivity contribution is -0.137. The predicted octanol–water partition coefficient (Wildman–Crippen LogP) is 5.27. The van der Waals surface area contributed by atoms with Crippen LogP contribution in [0.2, 0.25) is 0 Å². The van der Waals surface area contributed by atoms with E-state index in [4.69, 9.17) is 4.74 Å². The lowest BCUT2D eigenvalue weighted by Gasteiger charge is -2.34. The molecule has 5 heterocycles. The molecule has 5 aliphatic heterocycles. The van der Waals surface area contributed by atoms with Gasteiger partial charge >= 0.3 is 6.18 Å². The van der Waals surface area contributed by atoms with E-state index in [0.717, 1.165) is 48.9 Å². The van der Waals surface area contributed by atoms with E-state index < -0.39 is 33.2 Å². The Morgan fingerprint density at radius 1 is 0.936 bits per heavy atom. The number of ether oxygens (including phenoxy) is 1. The lowest BCUT2D eigenvalue weighted by atomic mass is 9.89. The minimum atomic E-state index is -4.64. The Morgan fingerprint density at radius 2 is 1.68 bits per heavy atom. The van der Waals surface area contributed by atoms with Crippen molar-refractivity contribution in [3.63, 3.8) is 0 Å². The molecule has 0 aliphatic carbocycles. The molecule has 2 amide bonds. The van der Waals surface area contributed by atoms with E-state index in [1.807, 2.05) is 25.1 Å². The van der Waals surface area contributed by atoms with Gasteiger partial charge in [0.2, 0.25) is 10.0 Å². The number of fused-ring (bicyclic) bond motifs is 2. The van der Waals surface area contributed by atoms with Crippen molar-refractivity contribution in [3.8, 4) is 5.75 Å². The Balaban J connectivity index is 1.38. The molecule has 1 fully saturated rings. The number of aryl methyl sites for hydroxylation is 2. The van der Waals surface area contributed by atoms with Crippen LogP contribution in [0.5, 0.6) is 5.75 Å². The van der Waals surface area contributed by atoms with Gasteiger partial charge in [0.25, 0.3) is 11.8 Å². The number of carbonyl (C=O) groups excluding carboxylic acids is 2. The maximum absolute atomic E-state index is 13.8. The molecule has 7 rings (SSSR count). The summed E-state index contributed by atoms with van der Waals surface area (Å²) >= 11 is 0. The third-order valence-corrected chi connectivity index (χ3v) is 11.0. The number of hydrogen-bond acceptors (Lipinski definition) is 6. The number of piperidine rings is 1. The highest BCUT2D eigenvalue weighted by Crippen LogP contribution is 2.36. The fraction of sp³-hybridized carbons (Fsp3) is 0.500. The first-order valence-corrected chi connectivity index (χ1v) is 17.6. The van der Waals surface area contributed by atoms with E-state index in [9.17, 15) is 31.2 Å². The second-order valence-corrected chi connectivity index (χ2v) is 14.6. The Morgan fingerprint density at radius 3 is 2.40 bits per heavy atom. The monoisotopic (exact) mass is 674 g/mol. The van der Waals surface area contributed by atoms with Crippen molar-refractivity contribution in [3.05, 3.63) is 76.4 Å². The van der Waals surface area contributed by atoms with Crippen molar-refractivity contribution >= 4 is 27.7 Å². The first-order valence-electron chi connectivity index (χ1n) is 16.0. The second-order valence-electron chi connectivity index (χ2n) is 12.5. The number of carbonyl (C=O) groups is 2. The van der Waals surface area contributed by atoms with Gasteiger partial charge in [-0.25, -0.2) is 12.7 Å². The van der Waals surface area contributed by atoms with Crippen molar-refractivity contribution in [1.29, 1.82) is 0 Å². The molecule has 0 saturated carbocycles. The smallest absolute Gasteiger partial charge is 0.416 e. The molecule has 7 bridgehead atoms. The first kappa shape index (κ1) is 34.6. The molecule has 9 nitrogen and oxygen atoms in total. The summed E-state index contributed by atoms with van der Waals surface area (Å²) in [6.45, 7) is 2.74. The van der Waals surface area contributed by atoms with Crippen molar-refractivity contribution < 1.29 is 35.9 Å². The number of sulfonamides is 1. The number of amidine groups is 1. The number of halogens is 3. The molecule has 2 aromatic carbocycles. The van der Waals surface area contributed by atoms with Gasteiger partial charge in [-0.15, -0.1) is 0 Å². The summed E-state index contributed by atoms with van der Waals surface area (Å²) in [5.74, 6) is -0.666. The Labute approximate surface area is 273 Å². The van der Waals surface area contributed by atoms with E-state index in [1.54, 1.807) is 24.1 Å². The zero-order valence-electron chi connectivity index (χ0n) is 26.7. The molecule has 1 spiro atoms. The number of nitrogens with zero attached hydrogens (tertiary/aromatic N) is 3. The molecule has 13 heteroatoms. The van der Waals surface area contributed by atoms with Crippen LogP contribution in [0.25, 0.3) is 0 Å². The maximum atomic E-state index is 13.8. The molecule has 1 saturated heterocycles. The fourth-order valence-corrected chi connectivity index (χ4v) is 7.65. The van der Waals surface area contributed by atoms with Crippen LogP contribution >= 0.6 is 0 Å². The number of rotatable bonds is 0. The van der Waals surface area contributed by atoms with Gasteiger partial charge in [-0.2, -0.15) is 13.2 Å². The molecular formula is C34H41F3N4O5S. The van der Waals surface area contributed by atoms with Gasteiger partial charge in [0.05, 0.1) is 17.9 Å². The average molecular weight is 675 g/mol. The molecule has 47 heavy (non-hydrogen) atoms. The van der Waals surface area contributed by atoms with Crippen LogP contribution in [-0.2, 0) is 27.4 Å². The largest absolute Gasteiger partial charge is 0.493 e. The molecule has 0 atom stereocenters. The number of aliphatic imine (C=N–C) groups is 1. The highest BCUT2D eigenvalue weighted by atomic mass is 32.2. The second kappa shape index (κ2) is 14.2. The highest BCUT2D eigenvalue weighted by molar-refractivity contribution is 7.89. The summed E-state index contributed by atoms with van der Waals surface area (Å²) < 4.78 is 75.1. The maximum Gasteiger partial charge on any atom is 0.416 e. The van der Waals surface area contributed by atoms with Gasteiger partial charge in [0, 0.05) is 37.8 Å². The van der Waals surface area contributed by atoms with Gasteiger partial charge in [0.15, 0.2) is 0 Å². The predicted molar refractivity (Wildman–Crippen MR) is 173 cm³/mol. The number of nitrogens with one attached hydrogen (secondary N) is 1. The van der Waals surface area contributed by atoms with Crippen LogP contribution in [0.4, 0.5) is 13.2 Å². The van der Waals surface area contributed by atoms with E-state index in [0.29, 0.717) is 18.5 Å². The molecular weight excluding hydrogens is 633 g/mol. The molecule has 1 N–H and O–H groups in total. The summed E-state index contributed by atoms with van der Waals surface area (Å²) in [5, 5.41) is 2.65. The van der Waals surface area contributed by atoms with Crippen LogP contribution < -0.4 is 10.1 Å². The van der Waals surface area contributed by atoms with E-state index in [1.165, 1.54) is 10.4 Å². The zero-order chi connectivity index (χ0) is 33.8. The van der Waals surface area contributed by atoms with Gasteiger partial charge in [-0.05, 0) is 93.3 Å². The number of allylic oxidation sites excluding steroid dienone is 1. The van der Waals surface area contributed by atoms with Gasteiger partial charge in [-0.3, -0.25) is 14.6 Å². The SMILES string of the molecule is Cc1cc2ccc1CCS(=O)(=O)N1CCC3(CC1)N=C(NC3=O)c1cc(cc(C(F)(F)F)c1)OCC/C=C/CCCCCN(C)C2=O. The molecule has 5 aliphatic rings. The van der Waals surface area contributed by atoms with E-state index >= 15 is 0 Å². The van der Waals surface area contributed by atoms with Crippen LogP contribution in [0.15, 0.2) is 53.5 Å². The first-order chi connectivity index (χ1) is 22.3. The number of hydrogen-bond donors (Lipinski definition) is 1. The van der Waals surface area contributed by atoms with Gasteiger partial charge in [-0.1, -0.05) is 24.6 Å². The third-order valence-electron chi connectivity index (χ3n) is 9.08. The van der Waals surface area contributed by atoms with E-state index in [-0.39, 0.29) is 67.8 Å². The van der Waals surface area contributed by atoms with Crippen molar-refractivity contribution in [2.75, 3.05) is 39.0 Å². The normalized spacial score (nSPS) is 25.3. The quantitative estimate of drug-likeness (QED) is 0.384. The minimum absolute atomic E-state index is 0.0125. The van der Waals surface area contributed by atoms with E-state index in [2.05, 4.69) is 10.3 Å². The highest BCUT2D eigenvalue weighted by Gasteiger charge is 2.47. The number of alkyl halides is 3. The molecule has 0 aromatic heterocycles. The number of benzene rings is 2. The molecule has 254 valence electrons. The Kier molecular flexibility index (Phi) is 10.4. The van der Waals surface area contributed by atoms with Gasteiger partial charge < -0.3 is 15.0 Å². The third kappa shape index (κ3) is 8.24. The summed E-state index contributed by atoms with van der Waals surface area (Å²) in [4.78, 5) is 32.4. The molecule has 0 radical (unpaired) electrons. The fourth-order valence-electron chi connectivity index (χ4n) is 6.18. The minimum Gasteiger partial charge on any atom is -0.493 e. The van der Waals surface area contributed by atoms with Crippen LogP contribution in [0.1, 0.15) is 77.6 Å². The summed E-state index contributed by atoms with van der Waals surface area (Å²) in [6.07, 6.45) is 3.80. The van der Waals surface area contributed by atoms with Crippen LogP contribution in [0.3, 0.4) is 0 Å². The summed E-state index contributed by atoms with van der Waals surface area (Å²) in [5.41, 5.74) is 0.118. The molecule has 2 aromatic rings. The standard InChI is InChI=1S/C34H41F3N4O5S/c1-24-20-26-11-10-25(24)12-19-47(44,45)41-16-13-33(14-17-41)32(43)38-30(39-33)27-21-28(34(35,36)37)23-29(22-27)46-18-9-7-5-3-4-6-8-15-40(2)31(26)42/h5,7,10-11,20-23H,3-4,6,8-9,12-19H2,1-2H3,(H,38,39,43)/b7-5+. The van der Waals surface area contributed by atoms with Gasteiger partial charge in [0.1, 0.15) is 17.1 Å². The van der Waals surface area contributed by atoms with Crippen molar-refractivity contribution in [2.45, 2.75) is 70.0 Å². The zero-order valence-corrected chi connectivity index (χ0v) is 27.6. The summed E-state index contributed by atoms with van der Waals surface area (Å²) in [7, 11) is -1.91. The number of amides is 2. The Bertz CT molecular complexity index is 1660. The van der Waals surface area contributed by atoms with Crippen molar-refractivity contribution in [1.82, 2.24) is 14.5 Å². The van der Waals surface area contributed by atoms with Crippen LogP contribution in [-0.4, -0.2) is 79.9 Å². The molecule has 0 unspecified atom stereocenters. The topological polar surface area (TPSA) is 108 Å². The lowest BCUT2D eigenvalue weighted by Crippen LogP contribution is -2.50. The summed E-state index contributed by atoms with van der Waals surface area (Å²) in [6, 6.07) is 8.65. The van der Waals surface area contributed by atoms with Crippen LogP contribution in [0, 0.1) is 6.92 Å².